The van der Waals surface area contributed by atoms with E-state index in [1.807, 2.05) is 12.1 Å². The van der Waals surface area contributed by atoms with Crippen LogP contribution < -0.4 is 11.0 Å². The lowest BCUT2D eigenvalue weighted by Crippen LogP contribution is -2.20. The summed E-state index contributed by atoms with van der Waals surface area (Å²) in [5, 5.41) is 0.833. The van der Waals surface area contributed by atoms with Crippen LogP contribution in [0.4, 0.5) is 0 Å². The summed E-state index contributed by atoms with van der Waals surface area (Å²) in [6.07, 6.45) is 0. The molecule has 0 aliphatic heterocycles. The third kappa shape index (κ3) is 1.65. The molecule has 0 bridgehead atoms. The van der Waals surface area contributed by atoms with Crippen LogP contribution in [0.15, 0.2) is 23.0 Å². The number of hydrogen-bond donors (Lipinski definition) is 0. The second kappa shape index (κ2) is 3.70. The summed E-state index contributed by atoms with van der Waals surface area (Å²) in [4.78, 5) is 16.0. The molecule has 0 amide bonds. The van der Waals surface area contributed by atoms with Gasteiger partial charge in [-0.3, -0.25) is 9.36 Å². The van der Waals surface area contributed by atoms with Gasteiger partial charge >= 0.3 is 0 Å². The lowest BCUT2D eigenvalue weighted by molar-refractivity contribution is 0.844. The highest BCUT2D eigenvalue weighted by Crippen LogP contribution is 2.08. The molecule has 5 heteroatoms. The molecule has 0 fully saturated rings. The van der Waals surface area contributed by atoms with Crippen molar-refractivity contribution in [1.29, 1.82) is 0 Å². The van der Waals surface area contributed by atoms with E-state index in [1.165, 1.54) is 4.57 Å². The van der Waals surface area contributed by atoms with Crippen molar-refractivity contribution in [3.8, 4) is 0 Å². The van der Waals surface area contributed by atoms with Crippen LogP contribution in [0.5, 0.6) is 0 Å². The van der Waals surface area contributed by atoms with Gasteiger partial charge in [0.1, 0.15) is 0 Å². The molecule has 0 aliphatic rings. The van der Waals surface area contributed by atoms with Gasteiger partial charge in [0.05, 0.1) is 10.9 Å². The number of fused-ring (bicyclic) bond motifs is 1. The highest BCUT2D eigenvalue weighted by molar-refractivity contribution is 6.52. The minimum absolute atomic E-state index is 0.104. The molecular formula is C10H10BClN2O. The Balaban J connectivity index is 2.86. The van der Waals surface area contributed by atoms with Crippen molar-refractivity contribution in [1.82, 2.24) is 9.55 Å². The Morgan fingerprint density at radius 2 is 2.20 bits per heavy atom. The predicted molar refractivity (Wildman–Crippen MR) is 64.6 cm³/mol. The molecular weight excluding hydrogens is 210 g/mol. The number of aromatic nitrogens is 2. The molecule has 15 heavy (non-hydrogen) atoms. The van der Waals surface area contributed by atoms with Crippen LogP contribution in [-0.4, -0.2) is 16.8 Å². The maximum absolute atomic E-state index is 11.8. The number of nitrogens with zero attached hydrogens (tertiary/aromatic N) is 2. The normalized spacial score (nSPS) is 10.6. The zero-order valence-corrected chi connectivity index (χ0v) is 9.38. The average Bonchev–Trinajstić information content (AvgIpc) is 2.25. The third-order valence-corrected chi connectivity index (χ3v) is 2.83. The topological polar surface area (TPSA) is 34.9 Å². The molecule has 0 aliphatic carbocycles. The van der Waals surface area contributed by atoms with Crippen molar-refractivity contribution in [2.45, 2.75) is 6.82 Å². The predicted octanol–water partition coefficient (Wildman–Crippen LogP) is 0.697. The summed E-state index contributed by atoms with van der Waals surface area (Å²) in [5.41, 5.74) is 1.72. The molecule has 3 nitrogen and oxygen atoms in total. The highest BCUT2D eigenvalue weighted by Gasteiger charge is 2.06. The van der Waals surface area contributed by atoms with Gasteiger partial charge in [-0.15, -0.1) is 0 Å². The van der Waals surface area contributed by atoms with Crippen molar-refractivity contribution in [3.05, 3.63) is 33.8 Å². The number of halogens is 1. The van der Waals surface area contributed by atoms with Crippen LogP contribution >= 0.6 is 11.6 Å². The van der Waals surface area contributed by atoms with Gasteiger partial charge in [0, 0.05) is 7.05 Å². The Hall–Kier alpha value is -1.29. The van der Waals surface area contributed by atoms with Gasteiger partial charge in [-0.05, 0) is 23.7 Å². The quantitative estimate of drug-likeness (QED) is 0.524. The van der Waals surface area contributed by atoms with Crippen molar-refractivity contribution < 1.29 is 0 Å². The van der Waals surface area contributed by atoms with Gasteiger partial charge < -0.3 is 0 Å². The van der Waals surface area contributed by atoms with Crippen LogP contribution in [0.3, 0.4) is 0 Å². The van der Waals surface area contributed by atoms with E-state index >= 15 is 0 Å². The van der Waals surface area contributed by atoms with Crippen LogP contribution in [-0.2, 0) is 7.05 Å². The molecule has 0 atom stereocenters. The van der Waals surface area contributed by atoms with Crippen LogP contribution in [0.1, 0.15) is 0 Å². The molecule has 0 saturated carbocycles. The zero-order valence-electron chi connectivity index (χ0n) is 8.62. The van der Waals surface area contributed by atoms with Crippen molar-refractivity contribution in [3.63, 3.8) is 0 Å². The van der Waals surface area contributed by atoms with Gasteiger partial charge in [0.25, 0.3) is 5.56 Å². The van der Waals surface area contributed by atoms with Gasteiger partial charge in [-0.2, -0.15) is 0 Å². The zero-order chi connectivity index (χ0) is 11.0. The molecule has 0 spiro atoms. The molecule has 0 N–H and O–H groups in total. The Labute approximate surface area is 92.9 Å². The molecule has 1 heterocycles. The molecule has 2 aromatic rings. The maximum atomic E-state index is 11.8. The summed E-state index contributed by atoms with van der Waals surface area (Å²) in [6, 6.07) is 5.65. The second-order valence-electron chi connectivity index (χ2n) is 3.45. The first-order valence-corrected chi connectivity index (χ1v) is 5.16. The lowest BCUT2D eigenvalue weighted by Gasteiger charge is -2.04. The molecule has 1 aromatic carbocycles. The van der Waals surface area contributed by atoms with E-state index in [4.69, 9.17) is 11.6 Å². The first-order valence-electron chi connectivity index (χ1n) is 4.78. The SMILES string of the molecule is CBc1ccc2c(=O)n(C)c(Cl)nc2c1. The van der Waals surface area contributed by atoms with E-state index in [1.54, 1.807) is 13.1 Å². The monoisotopic (exact) mass is 220 g/mol. The first kappa shape index (κ1) is 10.2. The molecule has 76 valence electrons. The fourth-order valence-corrected chi connectivity index (χ4v) is 1.68. The van der Waals surface area contributed by atoms with Crippen molar-refractivity contribution in [2.24, 2.45) is 7.05 Å². The van der Waals surface area contributed by atoms with Gasteiger partial charge in [-0.1, -0.05) is 18.4 Å². The molecule has 2 rings (SSSR count). The Kier molecular flexibility index (Phi) is 2.53. The second-order valence-corrected chi connectivity index (χ2v) is 3.79. The average molecular weight is 220 g/mol. The minimum Gasteiger partial charge on any atom is -0.286 e. The molecule has 0 radical (unpaired) electrons. The fourth-order valence-electron chi connectivity index (χ4n) is 1.51. The highest BCUT2D eigenvalue weighted by atomic mass is 35.5. The first-order chi connectivity index (χ1) is 7.13. The van der Waals surface area contributed by atoms with Crippen molar-refractivity contribution >= 4 is 35.2 Å². The van der Waals surface area contributed by atoms with Crippen LogP contribution in [0.2, 0.25) is 12.1 Å². The molecule has 0 unspecified atom stereocenters. The van der Waals surface area contributed by atoms with E-state index < -0.39 is 0 Å². The molecule has 1 aromatic heterocycles. The smallest absolute Gasteiger partial charge is 0.262 e. The standard InChI is InChI=1S/C10H10BClN2O/c1-11-6-3-4-7-8(5-6)13-10(12)14(2)9(7)15/h3-5,11H,1-2H3. The summed E-state index contributed by atoms with van der Waals surface area (Å²) in [5.74, 6) is 0. The summed E-state index contributed by atoms with van der Waals surface area (Å²) < 4.78 is 1.34. The lowest BCUT2D eigenvalue weighted by atomic mass is 9.73. The van der Waals surface area contributed by atoms with E-state index in [0.29, 0.717) is 10.9 Å². The Morgan fingerprint density at radius 3 is 2.87 bits per heavy atom. The minimum atomic E-state index is -0.104. The van der Waals surface area contributed by atoms with Crippen LogP contribution in [0, 0.1) is 0 Å². The molecule has 0 saturated heterocycles. The van der Waals surface area contributed by atoms with E-state index in [2.05, 4.69) is 11.8 Å². The van der Waals surface area contributed by atoms with Gasteiger partial charge in [0.15, 0.2) is 7.28 Å². The summed E-state index contributed by atoms with van der Waals surface area (Å²) >= 11 is 5.84. The Morgan fingerprint density at radius 1 is 1.47 bits per heavy atom. The largest absolute Gasteiger partial charge is 0.286 e. The van der Waals surface area contributed by atoms with Crippen molar-refractivity contribution in [2.75, 3.05) is 0 Å². The Bertz CT molecular complexity index is 579. The van der Waals surface area contributed by atoms with E-state index in [9.17, 15) is 4.79 Å². The summed E-state index contributed by atoms with van der Waals surface area (Å²) in [6.45, 7) is 2.06. The number of hydrogen-bond acceptors (Lipinski definition) is 2. The number of rotatable bonds is 1. The maximum Gasteiger partial charge on any atom is 0.262 e. The van der Waals surface area contributed by atoms with Crippen LogP contribution in [0.25, 0.3) is 10.9 Å². The van der Waals surface area contributed by atoms with Gasteiger partial charge in [-0.25, -0.2) is 4.98 Å². The third-order valence-electron chi connectivity index (χ3n) is 2.49. The van der Waals surface area contributed by atoms with Gasteiger partial charge in [0.2, 0.25) is 5.28 Å². The fraction of sp³-hybridized carbons (Fsp3) is 0.200. The summed E-state index contributed by atoms with van der Waals surface area (Å²) in [7, 11) is 2.54. The van der Waals surface area contributed by atoms with E-state index in [0.717, 1.165) is 12.7 Å². The van der Waals surface area contributed by atoms with E-state index in [-0.39, 0.29) is 10.8 Å². The number of benzene rings is 1.